The minimum absolute atomic E-state index is 0.0837. The number of carbonyl (C=O) groups is 1. The minimum Gasteiger partial charge on any atom is -0.618 e. The molecule has 0 radical (unpaired) electrons. The van der Waals surface area contributed by atoms with E-state index in [-0.39, 0.29) is 5.91 Å². The molecule has 0 aliphatic rings. The lowest BCUT2D eigenvalue weighted by Crippen LogP contribution is -2.27. The van der Waals surface area contributed by atoms with Crippen LogP contribution in [-0.2, 0) is 10.5 Å². The maximum absolute atomic E-state index is 12.1. The smallest absolute Gasteiger partial charge is 0.251 e. The maximum atomic E-state index is 12.1. The Morgan fingerprint density at radius 3 is 2.88 bits per heavy atom. The molecule has 0 saturated heterocycles. The van der Waals surface area contributed by atoms with Gasteiger partial charge in [-0.1, -0.05) is 12.1 Å². The van der Waals surface area contributed by atoms with Crippen molar-refractivity contribution in [3.63, 3.8) is 0 Å². The molecule has 0 aliphatic carbocycles. The molecule has 1 amide bonds. The van der Waals surface area contributed by atoms with Gasteiger partial charge < -0.3 is 5.21 Å². The van der Waals surface area contributed by atoms with E-state index in [0.717, 1.165) is 21.7 Å². The molecule has 0 bridgehead atoms. The lowest BCUT2D eigenvalue weighted by atomic mass is 10.2. The molecule has 0 N–H and O–H groups in total. The van der Waals surface area contributed by atoms with Crippen LogP contribution in [0.2, 0.25) is 0 Å². The van der Waals surface area contributed by atoms with Crippen LogP contribution in [0.4, 0.5) is 10.8 Å². The zero-order valence-corrected chi connectivity index (χ0v) is 15.5. The summed E-state index contributed by atoms with van der Waals surface area (Å²) in [5.41, 5.74) is 2.73. The highest BCUT2D eigenvalue weighted by molar-refractivity contribution is 7.98. The fourth-order valence-corrected chi connectivity index (χ4v) is 4.13. The maximum Gasteiger partial charge on any atom is 0.251 e. The zero-order chi connectivity index (χ0) is 17.8. The van der Waals surface area contributed by atoms with E-state index < -0.39 is 0 Å². The van der Waals surface area contributed by atoms with Gasteiger partial charge >= 0.3 is 0 Å². The highest BCUT2D eigenvalue weighted by atomic mass is 32.2. The summed E-state index contributed by atoms with van der Waals surface area (Å²) in [6.45, 7) is 3.52. The number of benzene rings is 1. The molecular formula is C18H17N3O2S2. The van der Waals surface area contributed by atoms with Gasteiger partial charge in [-0.2, -0.15) is 4.73 Å². The topological polar surface area (TPSA) is 60.1 Å². The van der Waals surface area contributed by atoms with E-state index in [2.05, 4.69) is 4.98 Å². The number of nitrogens with zero attached hydrogens (tertiary/aromatic N) is 3. The first-order chi connectivity index (χ1) is 12.0. The molecule has 0 atom stereocenters. The van der Waals surface area contributed by atoms with Crippen LogP contribution in [0, 0.1) is 12.1 Å². The van der Waals surface area contributed by atoms with Crippen molar-refractivity contribution < 1.29 is 9.52 Å². The summed E-state index contributed by atoms with van der Waals surface area (Å²) in [6, 6.07) is 13.1. The number of thiazole rings is 1. The molecule has 0 fully saturated rings. The third-order valence-electron chi connectivity index (χ3n) is 3.46. The Morgan fingerprint density at radius 1 is 1.32 bits per heavy atom. The molecule has 0 spiro atoms. The van der Waals surface area contributed by atoms with Crippen molar-refractivity contribution >= 4 is 39.8 Å². The SMILES string of the molecule is CC(=O)N(c1cccc(C)c1)c1nc(CSc2cccc[n+]2[O-])cs1. The predicted molar refractivity (Wildman–Crippen MR) is 101 cm³/mol. The van der Waals surface area contributed by atoms with E-state index in [1.807, 2.05) is 42.6 Å². The fourth-order valence-electron chi connectivity index (χ4n) is 2.33. The molecule has 2 aromatic heterocycles. The lowest BCUT2D eigenvalue weighted by Gasteiger charge is -2.18. The van der Waals surface area contributed by atoms with Crippen LogP contribution in [0.1, 0.15) is 18.2 Å². The molecule has 25 heavy (non-hydrogen) atoms. The van der Waals surface area contributed by atoms with Gasteiger partial charge in [-0.3, -0.25) is 9.69 Å². The monoisotopic (exact) mass is 371 g/mol. The number of hydrogen-bond acceptors (Lipinski definition) is 5. The standard InChI is InChI=1S/C18H17N3O2S2/c1-13-6-5-7-16(10-13)21(14(2)22)18-19-15(12-25-18)11-24-17-8-3-4-9-20(17)23/h3-10,12H,11H2,1-2H3. The van der Waals surface area contributed by atoms with Crippen LogP contribution in [0.15, 0.2) is 59.1 Å². The number of aromatic nitrogens is 2. The van der Waals surface area contributed by atoms with Gasteiger partial charge in [0.1, 0.15) is 0 Å². The van der Waals surface area contributed by atoms with Crippen molar-refractivity contribution in [3.05, 3.63) is 70.5 Å². The second kappa shape index (κ2) is 7.67. The Bertz CT molecular complexity index is 895. The van der Waals surface area contributed by atoms with Crippen LogP contribution in [0.3, 0.4) is 0 Å². The summed E-state index contributed by atoms with van der Waals surface area (Å²) in [5.74, 6) is 0.488. The van der Waals surface area contributed by atoms with Crippen molar-refractivity contribution in [2.45, 2.75) is 24.6 Å². The molecule has 7 heteroatoms. The molecule has 5 nitrogen and oxygen atoms in total. The minimum atomic E-state index is -0.0837. The first kappa shape index (κ1) is 17.4. The van der Waals surface area contributed by atoms with Gasteiger partial charge in [-0.25, -0.2) is 4.98 Å². The van der Waals surface area contributed by atoms with Crippen molar-refractivity contribution in [3.8, 4) is 0 Å². The number of anilines is 2. The van der Waals surface area contributed by atoms with Gasteiger partial charge in [0, 0.05) is 30.2 Å². The Kier molecular flexibility index (Phi) is 5.35. The second-order valence-corrected chi connectivity index (χ2v) is 7.30. The zero-order valence-electron chi connectivity index (χ0n) is 13.9. The highest BCUT2D eigenvalue weighted by Crippen LogP contribution is 2.31. The summed E-state index contributed by atoms with van der Waals surface area (Å²) in [7, 11) is 0. The van der Waals surface area contributed by atoms with E-state index >= 15 is 0 Å². The van der Waals surface area contributed by atoms with Crippen LogP contribution in [0.25, 0.3) is 0 Å². The molecule has 0 saturated carbocycles. The third kappa shape index (κ3) is 4.18. The Morgan fingerprint density at radius 2 is 2.16 bits per heavy atom. The normalized spacial score (nSPS) is 10.6. The number of amides is 1. The first-order valence-corrected chi connectivity index (χ1v) is 9.54. The van der Waals surface area contributed by atoms with E-state index in [4.69, 9.17) is 0 Å². The van der Waals surface area contributed by atoms with Gasteiger partial charge in [0.2, 0.25) is 5.91 Å². The Hall–Kier alpha value is -2.38. The number of aryl methyl sites for hydroxylation is 1. The number of hydrogen-bond donors (Lipinski definition) is 0. The second-order valence-electron chi connectivity index (χ2n) is 5.47. The Labute approximate surface area is 154 Å². The third-order valence-corrected chi connectivity index (χ3v) is 5.39. The van der Waals surface area contributed by atoms with E-state index in [1.165, 1.54) is 36.2 Å². The van der Waals surface area contributed by atoms with E-state index in [0.29, 0.717) is 15.9 Å². The number of pyridine rings is 1. The highest BCUT2D eigenvalue weighted by Gasteiger charge is 2.18. The number of rotatable bonds is 5. The quantitative estimate of drug-likeness (QED) is 0.385. The van der Waals surface area contributed by atoms with Crippen LogP contribution in [0.5, 0.6) is 0 Å². The lowest BCUT2D eigenvalue weighted by molar-refractivity contribution is -0.645. The summed E-state index contributed by atoms with van der Waals surface area (Å²) < 4.78 is 0.840. The molecule has 128 valence electrons. The van der Waals surface area contributed by atoms with Crippen molar-refractivity contribution in [2.24, 2.45) is 0 Å². The summed E-state index contributed by atoms with van der Waals surface area (Å²) in [6.07, 6.45) is 1.48. The molecule has 0 aliphatic heterocycles. The fraction of sp³-hybridized carbons (Fsp3) is 0.167. The number of carbonyl (C=O) groups excluding carboxylic acids is 1. The van der Waals surface area contributed by atoms with Crippen LogP contribution < -0.4 is 9.63 Å². The molecule has 3 aromatic rings. The predicted octanol–water partition coefficient (Wildman–Crippen LogP) is 4.06. The van der Waals surface area contributed by atoms with Crippen molar-refractivity contribution in [1.29, 1.82) is 0 Å². The number of thioether (sulfide) groups is 1. The van der Waals surface area contributed by atoms with Gasteiger partial charge in [0.15, 0.2) is 11.3 Å². The van der Waals surface area contributed by atoms with Crippen molar-refractivity contribution in [2.75, 3.05) is 4.90 Å². The average Bonchev–Trinajstić information content (AvgIpc) is 3.02. The summed E-state index contributed by atoms with van der Waals surface area (Å²) in [4.78, 5) is 18.3. The van der Waals surface area contributed by atoms with Gasteiger partial charge in [0.05, 0.1) is 11.4 Å². The van der Waals surface area contributed by atoms with Crippen LogP contribution in [-0.4, -0.2) is 10.9 Å². The largest absolute Gasteiger partial charge is 0.618 e. The Balaban J connectivity index is 1.79. The molecular weight excluding hydrogens is 354 g/mol. The molecule has 1 aromatic carbocycles. The molecule has 0 unspecified atom stereocenters. The van der Waals surface area contributed by atoms with Crippen molar-refractivity contribution in [1.82, 2.24) is 4.98 Å². The van der Waals surface area contributed by atoms with E-state index in [9.17, 15) is 10.0 Å². The average molecular weight is 371 g/mol. The van der Waals surface area contributed by atoms with Gasteiger partial charge in [-0.05, 0) is 42.4 Å². The summed E-state index contributed by atoms with van der Waals surface area (Å²) in [5, 5.41) is 14.9. The van der Waals surface area contributed by atoms with Crippen LogP contribution >= 0.6 is 23.1 Å². The van der Waals surface area contributed by atoms with E-state index in [1.54, 1.807) is 17.0 Å². The van der Waals surface area contributed by atoms with Gasteiger partial charge in [-0.15, -0.1) is 11.3 Å². The van der Waals surface area contributed by atoms with Gasteiger partial charge in [0.25, 0.3) is 5.03 Å². The molecule has 3 rings (SSSR count). The first-order valence-electron chi connectivity index (χ1n) is 7.67. The summed E-state index contributed by atoms with van der Waals surface area (Å²) >= 11 is 2.84. The molecule has 2 heterocycles.